The number of rotatable bonds is 7. The highest BCUT2D eigenvalue weighted by atomic mass is 35.5. The lowest BCUT2D eigenvalue weighted by Crippen LogP contribution is -2.27. The molecule has 3 rings (SSSR count). The Morgan fingerprint density at radius 3 is 2.96 bits per heavy atom. The molecular formula is C19H20ClFN2O4. The van der Waals surface area contributed by atoms with Crippen molar-refractivity contribution in [1.82, 2.24) is 5.32 Å². The lowest BCUT2D eigenvalue weighted by Gasteiger charge is -2.27. The van der Waals surface area contributed by atoms with Crippen LogP contribution in [0.3, 0.4) is 0 Å². The quantitative estimate of drug-likeness (QED) is 0.754. The second kappa shape index (κ2) is 8.45. The molecule has 0 aromatic heterocycles. The summed E-state index contributed by atoms with van der Waals surface area (Å²) in [5.41, 5.74) is 6.74. The van der Waals surface area contributed by atoms with Crippen LogP contribution in [0.2, 0.25) is 5.02 Å². The van der Waals surface area contributed by atoms with Gasteiger partial charge in [0.25, 0.3) is 5.91 Å². The fourth-order valence-electron chi connectivity index (χ4n) is 2.98. The van der Waals surface area contributed by atoms with Crippen LogP contribution in [0.5, 0.6) is 17.2 Å². The van der Waals surface area contributed by atoms with Crippen LogP contribution in [0.25, 0.3) is 0 Å². The van der Waals surface area contributed by atoms with E-state index in [0.29, 0.717) is 29.7 Å². The molecule has 0 spiro atoms. The van der Waals surface area contributed by atoms with Crippen LogP contribution in [-0.4, -0.2) is 26.2 Å². The zero-order valence-electron chi connectivity index (χ0n) is 14.8. The molecule has 1 atom stereocenters. The van der Waals surface area contributed by atoms with Crippen molar-refractivity contribution in [2.45, 2.75) is 19.0 Å². The second-order valence-corrected chi connectivity index (χ2v) is 6.52. The third-order valence-electron chi connectivity index (χ3n) is 4.21. The van der Waals surface area contributed by atoms with Gasteiger partial charge in [-0.1, -0.05) is 11.6 Å². The molecule has 0 aliphatic carbocycles. The molecule has 0 unspecified atom stereocenters. The van der Waals surface area contributed by atoms with Gasteiger partial charge in [0.1, 0.15) is 11.6 Å². The maximum atomic E-state index is 13.6. The van der Waals surface area contributed by atoms with Crippen molar-refractivity contribution < 1.29 is 23.4 Å². The fraction of sp³-hybridized carbons (Fsp3) is 0.316. The Morgan fingerprint density at radius 1 is 1.41 bits per heavy atom. The summed E-state index contributed by atoms with van der Waals surface area (Å²) < 4.78 is 29.8. The van der Waals surface area contributed by atoms with Crippen molar-refractivity contribution in [1.29, 1.82) is 0 Å². The van der Waals surface area contributed by atoms with Crippen LogP contribution in [0.15, 0.2) is 30.3 Å². The number of carbonyl (C=O) groups excluding carboxylic acids is 1. The van der Waals surface area contributed by atoms with Gasteiger partial charge >= 0.3 is 0 Å². The number of hydrogen-bond acceptors (Lipinski definition) is 5. The molecule has 0 radical (unpaired) electrons. The summed E-state index contributed by atoms with van der Waals surface area (Å²) in [5.74, 6) is 0.445. The zero-order valence-corrected chi connectivity index (χ0v) is 15.5. The second-order valence-electron chi connectivity index (χ2n) is 6.12. The third-order valence-corrected chi connectivity index (χ3v) is 4.49. The molecule has 1 heterocycles. The fourth-order valence-corrected chi connectivity index (χ4v) is 3.26. The highest BCUT2D eigenvalue weighted by molar-refractivity contribution is 6.32. The number of hydrogen-bond donors (Lipinski definition) is 2. The minimum atomic E-state index is -0.607. The van der Waals surface area contributed by atoms with E-state index in [-0.39, 0.29) is 24.2 Å². The number of ether oxygens (including phenoxy) is 3. The van der Waals surface area contributed by atoms with E-state index in [9.17, 15) is 9.18 Å². The lowest BCUT2D eigenvalue weighted by atomic mass is 10.00. The third kappa shape index (κ3) is 4.61. The summed E-state index contributed by atoms with van der Waals surface area (Å²) in [6.07, 6.45) is 0.723. The van der Waals surface area contributed by atoms with Gasteiger partial charge < -0.3 is 25.3 Å². The Labute approximate surface area is 161 Å². The molecule has 0 saturated carbocycles. The van der Waals surface area contributed by atoms with E-state index in [0.717, 1.165) is 17.5 Å². The van der Waals surface area contributed by atoms with Crippen LogP contribution < -0.4 is 25.3 Å². The standard InChI is InChI=1S/C19H20ClFN2O4/c1-25-17-7-11(6-14(20)19(17)27-10-18(22)24)9-23-15-4-5-26-16-3-2-12(21)8-13(15)16/h2-3,6-8,15,23H,4-5,9-10H2,1H3,(H2,22,24)/t15-/m1/s1. The van der Waals surface area contributed by atoms with Gasteiger partial charge in [-0.05, 0) is 35.9 Å². The largest absolute Gasteiger partial charge is 0.493 e. The van der Waals surface area contributed by atoms with Gasteiger partial charge in [-0.2, -0.15) is 0 Å². The molecule has 1 aliphatic heterocycles. The van der Waals surface area contributed by atoms with Crippen molar-refractivity contribution in [3.05, 3.63) is 52.3 Å². The van der Waals surface area contributed by atoms with Gasteiger partial charge in [0.15, 0.2) is 18.1 Å². The van der Waals surface area contributed by atoms with Crippen LogP contribution >= 0.6 is 11.6 Å². The molecular weight excluding hydrogens is 375 g/mol. The molecule has 27 heavy (non-hydrogen) atoms. The maximum Gasteiger partial charge on any atom is 0.255 e. The number of primary amides is 1. The monoisotopic (exact) mass is 394 g/mol. The van der Waals surface area contributed by atoms with E-state index < -0.39 is 5.91 Å². The molecule has 0 bridgehead atoms. The topological polar surface area (TPSA) is 82.8 Å². The van der Waals surface area contributed by atoms with Crippen LogP contribution in [0.4, 0.5) is 4.39 Å². The van der Waals surface area contributed by atoms with Crippen molar-refractivity contribution >= 4 is 17.5 Å². The van der Waals surface area contributed by atoms with E-state index in [2.05, 4.69) is 5.32 Å². The molecule has 0 saturated heterocycles. The van der Waals surface area contributed by atoms with Crippen LogP contribution in [0.1, 0.15) is 23.6 Å². The summed E-state index contributed by atoms with van der Waals surface area (Å²) in [7, 11) is 1.48. The van der Waals surface area contributed by atoms with E-state index in [4.69, 9.17) is 31.5 Å². The summed E-state index contributed by atoms with van der Waals surface area (Å²) in [6.45, 7) is 0.741. The summed E-state index contributed by atoms with van der Waals surface area (Å²) >= 11 is 6.27. The highest BCUT2D eigenvalue weighted by Gasteiger charge is 2.22. The van der Waals surface area contributed by atoms with Crippen molar-refractivity contribution in [3.63, 3.8) is 0 Å². The molecule has 1 aliphatic rings. The number of methoxy groups -OCH3 is 1. The number of nitrogens with one attached hydrogen (secondary N) is 1. The molecule has 3 N–H and O–H groups in total. The van der Waals surface area contributed by atoms with E-state index in [1.54, 1.807) is 18.2 Å². The first-order chi connectivity index (χ1) is 13.0. The highest BCUT2D eigenvalue weighted by Crippen LogP contribution is 2.37. The molecule has 2 aromatic carbocycles. The molecule has 2 aromatic rings. The summed E-state index contributed by atoms with van der Waals surface area (Å²) in [6, 6.07) is 7.96. The Morgan fingerprint density at radius 2 is 2.22 bits per heavy atom. The Kier molecular flexibility index (Phi) is 6.03. The normalized spacial score (nSPS) is 15.6. The predicted molar refractivity (Wildman–Crippen MR) is 98.8 cm³/mol. The molecule has 1 amide bonds. The Balaban J connectivity index is 1.74. The van der Waals surface area contributed by atoms with Crippen LogP contribution in [0, 0.1) is 5.82 Å². The van der Waals surface area contributed by atoms with Crippen molar-refractivity contribution in [2.75, 3.05) is 20.3 Å². The maximum absolute atomic E-state index is 13.6. The average molecular weight is 395 g/mol. The first-order valence-corrected chi connectivity index (χ1v) is 8.79. The predicted octanol–water partition coefficient (Wildman–Crippen LogP) is 2.97. The van der Waals surface area contributed by atoms with Gasteiger partial charge in [0.05, 0.1) is 18.7 Å². The number of halogens is 2. The summed E-state index contributed by atoms with van der Waals surface area (Å²) in [5, 5.41) is 3.70. The van der Waals surface area contributed by atoms with Gasteiger partial charge in [0, 0.05) is 24.6 Å². The molecule has 8 heteroatoms. The van der Waals surface area contributed by atoms with Crippen molar-refractivity contribution in [3.8, 4) is 17.2 Å². The number of fused-ring (bicyclic) bond motifs is 1. The Hall–Kier alpha value is -2.51. The van der Waals surface area contributed by atoms with Crippen LogP contribution in [-0.2, 0) is 11.3 Å². The minimum absolute atomic E-state index is 0.0417. The number of benzene rings is 2. The summed E-state index contributed by atoms with van der Waals surface area (Å²) in [4.78, 5) is 10.9. The smallest absolute Gasteiger partial charge is 0.255 e. The van der Waals surface area contributed by atoms with Gasteiger partial charge in [-0.15, -0.1) is 0 Å². The van der Waals surface area contributed by atoms with Gasteiger partial charge in [-0.3, -0.25) is 4.79 Å². The van der Waals surface area contributed by atoms with E-state index in [1.807, 2.05) is 0 Å². The zero-order chi connectivity index (χ0) is 19.4. The average Bonchev–Trinajstić information content (AvgIpc) is 2.64. The lowest BCUT2D eigenvalue weighted by molar-refractivity contribution is -0.119. The first-order valence-electron chi connectivity index (χ1n) is 8.41. The van der Waals surface area contributed by atoms with Crippen molar-refractivity contribution in [2.24, 2.45) is 5.73 Å². The SMILES string of the molecule is COc1cc(CN[C@@H]2CCOc3ccc(F)cc32)cc(Cl)c1OCC(N)=O. The number of amides is 1. The molecule has 0 fully saturated rings. The minimum Gasteiger partial charge on any atom is -0.493 e. The van der Waals surface area contributed by atoms with E-state index in [1.165, 1.54) is 19.2 Å². The molecule has 6 nitrogen and oxygen atoms in total. The Bertz CT molecular complexity index is 847. The van der Waals surface area contributed by atoms with Gasteiger partial charge in [0.2, 0.25) is 0 Å². The first kappa shape index (κ1) is 19.3. The molecule has 144 valence electrons. The number of nitrogens with two attached hydrogens (primary N) is 1. The van der Waals surface area contributed by atoms with Gasteiger partial charge in [-0.25, -0.2) is 4.39 Å². The number of carbonyl (C=O) groups is 1. The van der Waals surface area contributed by atoms with E-state index >= 15 is 0 Å².